The molecule has 0 saturated heterocycles. The number of nitrogens with zero attached hydrogens (tertiary/aromatic N) is 2. The smallest absolute Gasteiger partial charge is 0.330 e. The molecule has 0 amide bonds. The molecule has 1 rings (SSSR count). The van der Waals surface area contributed by atoms with Crippen LogP contribution in [0.15, 0.2) is 35.6 Å². The minimum absolute atomic E-state index is 0.448. The molecule has 0 saturated carbocycles. The Labute approximate surface area is 93.3 Å². The molecule has 0 fully saturated rings. The molecule has 1 aromatic rings. The van der Waals surface area contributed by atoms with Crippen LogP contribution >= 0.6 is 0 Å². The number of methoxy groups -OCH3 is 1. The van der Waals surface area contributed by atoms with E-state index in [9.17, 15) is 9.70 Å². The Bertz CT molecular complexity index is 415. The molecule has 0 spiro atoms. The highest BCUT2D eigenvalue weighted by Crippen LogP contribution is 2.20. The summed E-state index contributed by atoms with van der Waals surface area (Å²) in [5.74, 6) is -0.448. The van der Waals surface area contributed by atoms with Gasteiger partial charge in [-0.25, -0.2) is 9.80 Å². The van der Waals surface area contributed by atoms with E-state index in [2.05, 4.69) is 10.0 Å². The maximum Gasteiger partial charge on any atom is 0.330 e. The molecule has 0 heterocycles. The third-order valence-corrected chi connectivity index (χ3v) is 2.01. The number of ether oxygens (including phenoxy) is 1. The summed E-state index contributed by atoms with van der Waals surface area (Å²) in [6.45, 7) is 0. The zero-order chi connectivity index (χ0) is 12.0. The topological polar surface area (TPSA) is 59.0 Å². The van der Waals surface area contributed by atoms with Gasteiger partial charge in [-0.15, -0.1) is 4.91 Å². The number of anilines is 1. The lowest BCUT2D eigenvalue weighted by atomic mass is 10.1. The van der Waals surface area contributed by atoms with Gasteiger partial charge in [-0.3, -0.25) is 0 Å². The first kappa shape index (κ1) is 11.9. The molecule has 0 N–H and O–H groups in total. The molecule has 0 atom stereocenters. The van der Waals surface area contributed by atoms with E-state index in [1.54, 1.807) is 30.3 Å². The third kappa shape index (κ3) is 2.91. The molecule has 0 bridgehead atoms. The highest BCUT2D eigenvalue weighted by molar-refractivity contribution is 5.88. The first-order chi connectivity index (χ1) is 7.69. The summed E-state index contributed by atoms with van der Waals surface area (Å²) in [7, 11) is 2.84. The number of carbonyl (C=O) groups excluding carboxylic acids is 1. The van der Waals surface area contributed by atoms with Gasteiger partial charge in [0.1, 0.15) is 0 Å². The van der Waals surface area contributed by atoms with Gasteiger partial charge in [0.05, 0.1) is 18.1 Å². The number of rotatable bonds is 4. The first-order valence-corrected chi connectivity index (χ1v) is 4.61. The van der Waals surface area contributed by atoms with Crippen molar-refractivity contribution < 1.29 is 9.53 Å². The van der Waals surface area contributed by atoms with Gasteiger partial charge in [-0.05, 0) is 12.1 Å². The van der Waals surface area contributed by atoms with Crippen LogP contribution in [0.2, 0.25) is 0 Å². The molecule has 1 aromatic carbocycles. The SMILES string of the molecule is COC(=O)/C=C/c1ccccc1N(C)N=O. The molecule has 5 heteroatoms. The van der Waals surface area contributed by atoms with E-state index in [1.807, 2.05) is 0 Å². The van der Waals surface area contributed by atoms with E-state index >= 15 is 0 Å². The Morgan fingerprint density at radius 3 is 2.75 bits per heavy atom. The van der Waals surface area contributed by atoms with Crippen LogP contribution in [0.1, 0.15) is 5.56 Å². The van der Waals surface area contributed by atoms with Gasteiger partial charge < -0.3 is 4.74 Å². The molecular formula is C11H12N2O3. The van der Waals surface area contributed by atoms with Crippen molar-refractivity contribution in [1.29, 1.82) is 0 Å². The van der Waals surface area contributed by atoms with Crippen LogP contribution in [0, 0.1) is 4.91 Å². The second-order valence-corrected chi connectivity index (χ2v) is 3.02. The fraction of sp³-hybridized carbons (Fsp3) is 0.182. The van der Waals surface area contributed by atoms with E-state index in [0.29, 0.717) is 5.69 Å². The predicted molar refractivity (Wildman–Crippen MR) is 61.7 cm³/mol. The lowest BCUT2D eigenvalue weighted by Gasteiger charge is -2.11. The highest BCUT2D eigenvalue weighted by atomic mass is 16.5. The zero-order valence-electron chi connectivity index (χ0n) is 9.08. The summed E-state index contributed by atoms with van der Waals surface area (Å²) in [5, 5.41) is 3.99. The molecule has 0 aliphatic carbocycles. The van der Waals surface area contributed by atoms with Crippen molar-refractivity contribution in [2.75, 3.05) is 19.2 Å². The highest BCUT2D eigenvalue weighted by Gasteiger charge is 2.04. The van der Waals surface area contributed by atoms with E-state index in [4.69, 9.17) is 0 Å². The molecule has 84 valence electrons. The van der Waals surface area contributed by atoms with Crippen LogP contribution in [-0.2, 0) is 9.53 Å². The van der Waals surface area contributed by atoms with Crippen molar-refractivity contribution in [3.8, 4) is 0 Å². The molecule has 0 aliphatic heterocycles. The minimum atomic E-state index is -0.448. The van der Waals surface area contributed by atoms with Crippen LogP contribution in [0.5, 0.6) is 0 Å². The van der Waals surface area contributed by atoms with Crippen molar-refractivity contribution >= 4 is 17.7 Å². The largest absolute Gasteiger partial charge is 0.466 e. The molecule has 5 nitrogen and oxygen atoms in total. The zero-order valence-corrected chi connectivity index (χ0v) is 9.08. The summed E-state index contributed by atoms with van der Waals surface area (Å²) in [5.41, 5.74) is 1.34. The van der Waals surface area contributed by atoms with Gasteiger partial charge in [0.25, 0.3) is 0 Å². The Morgan fingerprint density at radius 1 is 1.44 bits per heavy atom. The Balaban J connectivity index is 2.99. The number of para-hydroxylation sites is 1. The summed E-state index contributed by atoms with van der Waals surface area (Å²) in [6.07, 6.45) is 2.86. The first-order valence-electron chi connectivity index (χ1n) is 4.61. The second kappa shape index (κ2) is 5.65. The summed E-state index contributed by atoms with van der Waals surface area (Å²) in [4.78, 5) is 21.3. The van der Waals surface area contributed by atoms with Crippen molar-refractivity contribution in [1.82, 2.24) is 0 Å². The Morgan fingerprint density at radius 2 is 2.12 bits per heavy atom. The average molecular weight is 220 g/mol. The summed E-state index contributed by atoms with van der Waals surface area (Å²) in [6, 6.07) is 7.10. The van der Waals surface area contributed by atoms with Crippen LogP contribution in [-0.4, -0.2) is 20.1 Å². The van der Waals surface area contributed by atoms with Crippen molar-refractivity contribution in [3.63, 3.8) is 0 Å². The van der Waals surface area contributed by atoms with Crippen molar-refractivity contribution in [2.24, 2.45) is 5.29 Å². The van der Waals surface area contributed by atoms with Gasteiger partial charge in [-0.1, -0.05) is 18.2 Å². The lowest BCUT2D eigenvalue weighted by molar-refractivity contribution is -0.134. The van der Waals surface area contributed by atoms with E-state index < -0.39 is 5.97 Å². The predicted octanol–water partition coefficient (Wildman–Crippen LogP) is 1.99. The quantitative estimate of drug-likeness (QED) is 0.337. The molecular weight excluding hydrogens is 208 g/mol. The van der Waals surface area contributed by atoms with Gasteiger partial charge in [-0.2, -0.15) is 0 Å². The normalized spacial score (nSPS) is 10.1. The minimum Gasteiger partial charge on any atom is -0.466 e. The lowest BCUT2D eigenvalue weighted by Crippen LogP contribution is -2.08. The van der Waals surface area contributed by atoms with Crippen LogP contribution in [0.4, 0.5) is 5.69 Å². The fourth-order valence-electron chi connectivity index (χ4n) is 1.19. The maximum atomic E-state index is 10.9. The molecule has 0 radical (unpaired) electrons. The van der Waals surface area contributed by atoms with Crippen LogP contribution < -0.4 is 5.01 Å². The van der Waals surface area contributed by atoms with Gasteiger partial charge in [0.15, 0.2) is 0 Å². The number of benzene rings is 1. The van der Waals surface area contributed by atoms with Gasteiger partial charge >= 0.3 is 5.97 Å². The fourth-order valence-corrected chi connectivity index (χ4v) is 1.19. The van der Waals surface area contributed by atoms with Crippen molar-refractivity contribution in [3.05, 3.63) is 40.8 Å². The number of hydrogen-bond donors (Lipinski definition) is 0. The Hall–Kier alpha value is -2.17. The van der Waals surface area contributed by atoms with Gasteiger partial charge in [0.2, 0.25) is 0 Å². The number of esters is 1. The van der Waals surface area contributed by atoms with E-state index in [0.717, 1.165) is 5.56 Å². The summed E-state index contributed by atoms with van der Waals surface area (Å²) < 4.78 is 4.47. The van der Waals surface area contributed by atoms with Crippen LogP contribution in [0.25, 0.3) is 6.08 Å². The number of nitroso groups, excluding NO2 is 1. The molecule has 0 aliphatic rings. The van der Waals surface area contributed by atoms with Gasteiger partial charge in [0, 0.05) is 18.7 Å². The molecule has 16 heavy (non-hydrogen) atoms. The summed E-state index contributed by atoms with van der Waals surface area (Å²) >= 11 is 0. The van der Waals surface area contributed by atoms with E-state index in [1.165, 1.54) is 25.2 Å². The molecule has 0 aromatic heterocycles. The Kier molecular flexibility index (Phi) is 4.20. The second-order valence-electron chi connectivity index (χ2n) is 3.02. The third-order valence-electron chi connectivity index (χ3n) is 2.01. The van der Waals surface area contributed by atoms with Crippen molar-refractivity contribution in [2.45, 2.75) is 0 Å². The number of carbonyl (C=O) groups is 1. The van der Waals surface area contributed by atoms with E-state index in [-0.39, 0.29) is 0 Å². The van der Waals surface area contributed by atoms with Crippen LogP contribution in [0.3, 0.4) is 0 Å². The standard InChI is InChI=1S/C11H12N2O3/c1-13(12-15)10-6-4-3-5-9(10)7-8-11(14)16-2/h3-8H,1-2H3/b8-7+. The molecule has 0 unspecified atom stereocenters. The monoisotopic (exact) mass is 220 g/mol. The number of hydrogen-bond acceptors (Lipinski definition) is 4. The maximum absolute atomic E-state index is 10.9. The average Bonchev–Trinajstić information content (AvgIpc) is 2.35.